The standard InChI is InChI=1S/C32H39N3O4S2/c1-22(2)34(3)26-14-15-29(25(18-26)21-41(38,39)27-12-8-5-9-13-27)35-17-16-28(32(35)37)33-31(36)30-19-24(20-40-30)23-10-6-4-7-11-23/h4-13,19-20,22,25-26,28-29H,14-18,21H2,1-3H3,(H,33,36)/t25-,26+,28-,29+/m0/s1. The fourth-order valence-electron chi connectivity index (χ4n) is 6.24. The molecule has 0 radical (unpaired) electrons. The molecule has 41 heavy (non-hydrogen) atoms. The molecular formula is C32H39N3O4S2. The molecule has 2 heterocycles. The number of benzene rings is 2. The highest BCUT2D eigenvalue weighted by molar-refractivity contribution is 7.91. The Kier molecular flexibility index (Phi) is 8.97. The van der Waals surface area contributed by atoms with Crippen LogP contribution in [0.4, 0.5) is 0 Å². The second kappa shape index (κ2) is 12.5. The van der Waals surface area contributed by atoms with Crippen LogP contribution in [0.5, 0.6) is 0 Å². The first-order valence-corrected chi connectivity index (χ1v) is 16.9. The van der Waals surface area contributed by atoms with Gasteiger partial charge in [0, 0.05) is 24.7 Å². The maximum absolute atomic E-state index is 13.7. The fourth-order valence-corrected chi connectivity index (χ4v) is 8.75. The molecule has 4 atom stereocenters. The van der Waals surface area contributed by atoms with Crippen molar-refractivity contribution in [3.63, 3.8) is 0 Å². The molecule has 0 spiro atoms. The zero-order valence-corrected chi connectivity index (χ0v) is 25.5. The number of likely N-dealkylation sites (tertiary alicyclic amines) is 1. The molecule has 2 aromatic carbocycles. The Morgan fingerprint density at radius 1 is 1.02 bits per heavy atom. The van der Waals surface area contributed by atoms with E-state index in [1.807, 2.05) is 52.7 Å². The van der Waals surface area contributed by atoms with Crippen molar-refractivity contribution in [3.8, 4) is 11.1 Å². The first-order chi connectivity index (χ1) is 19.6. The van der Waals surface area contributed by atoms with E-state index in [1.54, 1.807) is 24.3 Å². The number of hydrogen-bond acceptors (Lipinski definition) is 6. The summed E-state index contributed by atoms with van der Waals surface area (Å²) in [5.74, 6) is -0.546. The Morgan fingerprint density at radius 2 is 1.71 bits per heavy atom. The lowest BCUT2D eigenvalue weighted by Crippen LogP contribution is -2.53. The van der Waals surface area contributed by atoms with Crippen LogP contribution in [0, 0.1) is 5.92 Å². The topological polar surface area (TPSA) is 86.8 Å². The molecule has 218 valence electrons. The third-order valence-electron chi connectivity index (χ3n) is 8.72. The minimum atomic E-state index is -3.52. The van der Waals surface area contributed by atoms with E-state index < -0.39 is 15.9 Å². The van der Waals surface area contributed by atoms with Gasteiger partial charge in [-0.15, -0.1) is 11.3 Å². The van der Waals surface area contributed by atoms with Crippen molar-refractivity contribution in [2.45, 2.75) is 68.6 Å². The van der Waals surface area contributed by atoms with E-state index in [4.69, 9.17) is 0 Å². The van der Waals surface area contributed by atoms with Crippen LogP contribution in [-0.2, 0) is 14.6 Å². The van der Waals surface area contributed by atoms with Crippen molar-refractivity contribution in [2.24, 2.45) is 5.92 Å². The molecule has 7 nitrogen and oxygen atoms in total. The van der Waals surface area contributed by atoms with Crippen LogP contribution in [0.3, 0.4) is 0 Å². The zero-order chi connectivity index (χ0) is 29.1. The number of nitrogens with zero attached hydrogens (tertiary/aromatic N) is 2. The summed E-state index contributed by atoms with van der Waals surface area (Å²) in [6, 6.07) is 20.2. The Bertz CT molecular complexity index is 1460. The zero-order valence-electron chi connectivity index (χ0n) is 23.9. The average molecular weight is 594 g/mol. The van der Waals surface area contributed by atoms with Crippen LogP contribution in [0.2, 0.25) is 0 Å². The van der Waals surface area contributed by atoms with Gasteiger partial charge in [0.05, 0.1) is 15.5 Å². The minimum Gasteiger partial charge on any atom is -0.339 e. The quantitative estimate of drug-likeness (QED) is 0.373. The minimum absolute atomic E-state index is 0.00236. The summed E-state index contributed by atoms with van der Waals surface area (Å²) in [6.45, 7) is 4.81. The molecule has 1 aromatic heterocycles. The summed E-state index contributed by atoms with van der Waals surface area (Å²) in [6.07, 6.45) is 2.88. The number of hydrogen-bond donors (Lipinski definition) is 1. The van der Waals surface area contributed by atoms with E-state index in [0.29, 0.717) is 35.2 Å². The number of rotatable bonds is 9. The van der Waals surface area contributed by atoms with Crippen LogP contribution in [0.15, 0.2) is 77.0 Å². The van der Waals surface area contributed by atoms with Crippen molar-refractivity contribution < 1.29 is 18.0 Å². The SMILES string of the molecule is CC(C)N(C)[C@@H]1CC[C@@H](N2CC[C@H](NC(=O)c3cc(-c4ccccc4)cs3)C2=O)[C@H](CS(=O)(=O)c2ccccc2)C1. The summed E-state index contributed by atoms with van der Waals surface area (Å²) in [5, 5.41) is 4.92. The predicted octanol–water partition coefficient (Wildman–Crippen LogP) is 5.10. The Hall–Kier alpha value is -3.01. The Morgan fingerprint density at radius 3 is 2.39 bits per heavy atom. The van der Waals surface area contributed by atoms with Crippen LogP contribution in [-0.4, -0.2) is 73.5 Å². The normalized spacial score (nSPS) is 23.3. The molecule has 1 saturated heterocycles. The number of thiophene rings is 1. The van der Waals surface area contributed by atoms with E-state index in [1.165, 1.54) is 11.3 Å². The summed E-state index contributed by atoms with van der Waals surface area (Å²) < 4.78 is 26.9. The molecule has 0 unspecified atom stereocenters. The molecule has 1 N–H and O–H groups in total. The van der Waals surface area contributed by atoms with Crippen LogP contribution < -0.4 is 5.32 Å². The number of amides is 2. The predicted molar refractivity (Wildman–Crippen MR) is 164 cm³/mol. The highest BCUT2D eigenvalue weighted by atomic mass is 32.2. The van der Waals surface area contributed by atoms with Crippen molar-refractivity contribution in [3.05, 3.63) is 77.0 Å². The fraction of sp³-hybridized carbons (Fsp3) is 0.438. The third kappa shape index (κ3) is 6.58. The largest absolute Gasteiger partial charge is 0.339 e. The van der Waals surface area contributed by atoms with Crippen LogP contribution >= 0.6 is 11.3 Å². The molecule has 2 amide bonds. The van der Waals surface area contributed by atoms with Gasteiger partial charge in [-0.25, -0.2) is 8.42 Å². The summed E-state index contributed by atoms with van der Waals surface area (Å²) in [7, 11) is -1.43. The van der Waals surface area contributed by atoms with Crippen LogP contribution in [0.1, 0.15) is 49.2 Å². The number of carbonyl (C=O) groups is 2. The summed E-state index contributed by atoms with van der Waals surface area (Å²) in [4.78, 5) is 31.8. The maximum atomic E-state index is 13.7. The van der Waals surface area contributed by atoms with Gasteiger partial charge in [0.2, 0.25) is 5.91 Å². The van der Waals surface area contributed by atoms with Gasteiger partial charge in [-0.3, -0.25) is 9.59 Å². The molecule has 2 fully saturated rings. The molecule has 3 aromatic rings. The van der Waals surface area contributed by atoms with Crippen molar-refractivity contribution in [1.29, 1.82) is 0 Å². The molecule has 1 saturated carbocycles. The van der Waals surface area contributed by atoms with Crippen molar-refractivity contribution in [1.82, 2.24) is 15.1 Å². The monoisotopic (exact) mass is 593 g/mol. The molecular weight excluding hydrogens is 555 g/mol. The second-order valence-electron chi connectivity index (χ2n) is 11.6. The van der Waals surface area contributed by atoms with Crippen LogP contribution in [0.25, 0.3) is 11.1 Å². The first kappa shape index (κ1) is 29.5. The number of carbonyl (C=O) groups excluding carboxylic acids is 2. The van der Waals surface area contributed by atoms with E-state index in [2.05, 4.69) is 31.1 Å². The summed E-state index contributed by atoms with van der Waals surface area (Å²) in [5.41, 5.74) is 2.02. The Balaban J connectivity index is 1.30. The smallest absolute Gasteiger partial charge is 0.262 e. The van der Waals surface area contributed by atoms with Gasteiger partial charge in [0.15, 0.2) is 9.84 Å². The number of sulfone groups is 1. The second-order valence-corrected chi connectivity index (χ2v) is 14.5. The molecule has 1 aliphatic heterocycles. The molecule has 9 heteroatoms. The van der Waals surface area contributed by atoms with Crippen molar-refractivity contribution in [2.75, 3.05) is 19.3 Å². The highest BCUT2D eigenvalue weighted by Crippen LogP contribution is 2.36. The van der Waals surface area contributed by atoms with Crippen molar-refractivity contribution >= 4 is 33.0 Å². The van der Waals surface area contributed by atoms with E-state index in [0.717, 1.165) is 24.0 Å². The third-order valence-corrected chi connectivity index (χ3v) is 11.5. The molecule has 5 rings (SSSR count). The lowest BCUT2D eigenvalue weighted by Gasteiger charge is -2.44. The lowest BCUT2D eigenvalue weighted by molar-refractivity contribution is -0.133. The molecule has 1 aliphatic carbocycles. The van der Waals surface area contributed by atoms with Gasteiger partial charge in [-0.05, 0) is 87.2 Å². The Labute approximate surface area is 247 Å². The van der Waals surface area contributed by atoms with Gasteiger partial charge >= 0.3 is 0 Å². The van der Waals surface area contributed by atoms with Gasteiger partial charge < -0.3 is 15.1 Å². The molecule has 2 aliphatic rings. The van der Waals surface area contributed by atoms with Gasteiger partial charge in [-0.1, -0.05) is 48.5 Å². The number of nitrogens with one attached hydrogen (secondary N) is 1. The van der Waals surface area contributed by atoms with Gasteiger partial charge in [0.1, 0.15) is 6.04 Å². The first-order valence-electron chi connectivity index (χ1n) is 14.4. The lowest BCUT2D eigenvalue weighted by atomic mass is 9.81. The summed E-state index contributed by atoms with van der Waals surface area (Å²) >= 11 is 1.37. The maximum Gasteiger partial charge on any atom is 0.262 e. The van der Waals surface area contributed by atoms with E-state index >= 15 is 0 Å². The molecule has 0 bridgehead atoms. The average Bonchev–Trinajstić information content (AvgIpc) is 3.61. The van der Waals surface area contributed by atoms with Gasteiger partial charge in [0.25, 0.3) is 5.91 Å². The van der Waals surface area contributed by atoms with Gasteiger partial charge in [-0.2, -0.15) is 0 Å². The highest BCUT2D eigenvalue weighted by Gasteiger charge is 2.44. The van der Waals surface area contributed by atoms with E-state index in [-0.39, 0.29) is 35.6 Å². The van der Waals surface area contributed by atoms with E-state index in [9.17, 15) is 18.0 Å².